The predicted molar refractivity (Wildman–Crippen MR) is 75.5 cm³/mol. The fraction of sp³-hybridized carbons (Fsp3) is 0.286. The zero-order chi connectivity index (χ0) is 14.8. The molecule has 0 unspecified atom stereocenters. The lowest BCUT2D eigenvalue weighted by molar-refractivity contribution is -0.116. The average Bonchev–Trinajstić information content (AvgIpc) is 3.07. The van der Waals surface area contributed by atoms with Crippen LogP contribution >= 0.6 is 0 Å². The molecule has 2 aromatic rings. The molecule has 0 saturated heterocycles. The molecule has 0 bridgehead atoms. The van der Waals surface area contributed by atoms with Gasteiger partial charge in [-0.3, -0.25) is 10.1 Å². The summed E-state index contributed by atoms with van der Waals surface area (Å²) < 4.78 is 15.5. The van der Waals surface area contributed by atoms with Gasteiger partial charge in [0.15, 0.2) is 11.5 Å². The third-order valence-corrected chi connectivity index (χ3v) is 3.02. The van der Waals surface area contributed by atoms with Crippen LogP contribution < -0.4 is 20.1 Å². The Labute approximate surface area is 121 Å². The Bertz CT molecular complexity index is 668. The molecule has 110 valence electrons. The van der Waals surface area contributed by atoms with Gasteiger partial charge in [0.25, 0.3) is 0 Å². The van der Waals surface area contributed by atoms with Crippen molar-refractivity contribution in [2.75, 3.05) is 17.4 Å². The van der Waals surface area contributed by atoms with Crippen molar-refractivity contribution in [2.45, 2.75) is 19.9 Å². The second kappa shape index (κ2) is 5.35. The molecule has 1 aliphatic rings. The van der Waals surface area contributed by atoms with E-state index < -0.39 is 6.04 Å². The van der Waals surface area contributed by atoms with Crippen LogP contribution in [0.4, 0.5) is 11.6 Å². The lowest BCUT2D eigenvalue weighted by Gasteiger charge is -2.14. The summed E-state index contributed by atoms with van der Waals surface area (Å²) in [5.74, 6) is 1.48. The number of nitrogens with one attached hydrogen (secondary N) is 2. The number of aryl methyl sites for hydroxylation is 1. The number of aromatic nitrogens is 1. The van der Waals surface area contributed by atoms with Crippen LogP contribution in [0.2, 0.25) is 0 Å². The van der Waals surface area contributed by atoms with Gasteiger partial charge >= 0.3 is 0 Å². The first-order chi connectivity index (χ1) is 10.1. The molecule has 1 amide bonds. The monoisotopic (exact) mass is 289 g/mol. The second-order valence-corrected chi connectivity index (χ2v) is 4.76. The van der Waals surface area contributed by atoms with Crippen molar-refractivity contribution in [2.24, 2.45) is 0 Å². The van der Waals surface area contributed by atoms with E-state index in [-0.39, 0.29) is 12.7 Å². The summed E-state index contributed by atoms with van der Waals surface area (Å²) in [5, 5.41) is 9.45. The molecule has 2 N–H and O–H groups in total. The van der Waals surface area contributed by atoms with Gasteiger partial charge in [-0.1, -0.05) is 5.16 Å². The topological polar surface area (TPSA) is 85.6 Å². The second-order valence-electron chi connectivity index (χ2n) is 4.76. The van der Waals surface area contributed by atoms with Crippen molar-refractivity contribution < 1.29 is 18.8 Å². The molecule has 21 heavy (non-hydrogen) atoms. The van der Waals surface area contributed by atoms with Crippen molar-refractivity contribution in [1.29, 1.82) is 0 Å². The van der Waals surface area contributed by atoms with Gasteiger partial charge in [-0.2, -0.15) is 0 Å². The van der Waals surface area contributed by atoms with E-state index in [1.165, 1.54) is 0 Å². The highest BCUT2D eigenvalue weighted by molar-refractivity contribution is 5.95. The van der Waals surface area contributed by atoms with Crippen LogP contribution in [0.15, 0.2) is 28.8 Å². The van der Waals surface area contributed by atoms with Crippen molar-refractivity contribution >= 4 is 17.5 Å². The van der Waals surface area contributed by atoms with Crippen LogP contribution in [-0.2, 0) is 4.79 Å². The SMILES string of the molecule is Cc1cc(NC(=O)[C@H](C)Nc2ccc3c(c2)OCO3)on1. The predicted octanol–water partition coefficient (Wildman–Crippen LogP) is 2.15. The van der Waals surface area contributed by atoms with Crippen LogP contribution in [0.3, 0.4) is 0 Å². The number of hydrogen-bond donors (Lipinski definition) is 2. The number of nitrogens with zero attached hydrogens (tertiary/aromatic N) is 1. The molecule has 7 nitrogen and oxygen atoms in total. The largest absolute Gasteiger partial charge is 0.454 e. The summed E-state index contributed by atoms with van der Waals surface area (Å²) in [7, 11) is 0. The molecule has 0 radical (unpaired) electrons. The van der Waals surface area contributed by atoms with Gasteiger partial charge in [0.1, 0.15) is 6.04 Å². The quantitative estimate of drug-likeness (QED) is 0.897. The van der Waals surface area contributed by atoms with Crippen LogP contribution in [-0.4, -0.2) is 23.9 Å². The van der Waals surface area contributed by atoms with Crippen LogP contribution in [0.1, 0.15) is 12.6 Å². The maximum Gasteiger partial charge on any atom is 0.248 e. The third kappa shape index (κ3) is 2.91. The number of carbonyl (C=O) groups excluding carboxylic acids is 1. The Kier molecular flexibility index (Phi) is 3.39. The van der Waals surface area contributed by atoms with Gasteiger partial charge in [0.05, 0.1) is 5.69 Å². The van der Waals surface area contributed by atoms with E-state index in [1.54, 1.807) is 32.0 Å². The lowest BCUT2D eigenvalue weighted by atomic mass is 10.2. The number of anilines is 2. The fourth-order valence-corrected chi connectivity index (χ4v) is 1.95. The highest BCUT2D eigenvalue weighted by atomic mass is 16.7. The molecule has 1 aromatic heterocycles. The van der Waals surface area contributed by atoms with Crippen molar-refractivity contribution in [3.8, 4) is 11.5 Å². The first kappa shape index (κ1) is 13.3. The van der Waals surface area contributed by atoms with Gasteiger partial charge in [-0.05, 0) is 26.0 Å². The number of ether oxygens (including phenoxy) is 2. The van der Waals surface area contributed by atoms with Gasteiger partial charge in [-0.25, -0.2) is 0 Å². The number of hydrogen-bond acceptors (Lipinski definition) is 6. The normalized spacial score (nSPS) is 13.8. The highest BCUT2D eigenvalue weighted by Crippen LogP contribution is 2.34. The van der Waals surface area contributed by atoms with Gasteiger partial charge in [0, 0.05) is 17.8 Å². The molecule has 7 heteroatoms. The van der Waals surface area contributed by atoms with Gasteiger partial charge in [-0.15, -0.1) is 0 Å². The van der Waals surface area contributed by atoms with E-state index in [1.807, 2.05) is 6.07 Å². The summed E-state index contributed by atoms with van der Waals surface area (Å²) in [4.78, 5) is 12.0. The molecule has 0 aliphatic carbocycles. The molecule has 3 rings (SSSR count). The van der Waals surface area contributed by atoms with E-state index in [2.05, 4.69) is 15.8 Å². The van der Waals surface area contributed by atoms with Crippen LogP contribution in [0, 0.1) is 6.92 Å². The van der Waals surface area contributed by atoms with E-state index in [0.29, 0.717) is 23.1 Å². The highest BCUT2D eigenvalue weighted by Gasteiger charge is 2.17. The van der Waals surface area contributed by atoms with Crippen molar-refractivity contribution in [3.63, 3.8) is 0 Å². The zero-order valence-electron chi connectivity index (χ0n) is 11.7. The Morgan fingerprint density at radius 1 is 1.29 bits per heavy atom. The fourth-order valence-electron chi connectivity index (χ4n) is 1.95. The van der Waals surface area contributed by atoms with E-state index >= 15 is 0 Å². The maximum atomic E-state index is 12.0. The molecule has 2 heterocycles. The summed E-state index contributed by atoms with van der Waals surface area (Å²) in [6.07, 6.45) is 0. The number of benzene rings is 1. The van der Waals surface area contributed by atoms with Crippen LogP contribution in [0.5, 0.6) is 11.5 Å². The summed E-state index contributed by atoms with van der Waals surface area (Å²) in [5.41, 5.74) is 1.48. The van der Waals surface area contributed by atoms with Crippen molar-refractivity contribution in [3.05, 3.63) is 30.0 Å². The molecular formula is C14H15N3O4. The van der Waals surface area contributed by atoms with Gasteiger partial charge < -0.3 is 19.3 Å². The molecule has 0 fully saturated rings. The lowest BCUT2D eigenvalue weighted by Crippen LogP contribution is -2.31. The Morgan fingerprint density at radius 3 is 2.86 bits per heavy atom. The third-order valence-electron chi connectivity index (χ3n) is 3.02. The van der Waals surface area contributed by atoms with E-state index in [4.69, 9.17) is 14.0 Å². The molecule has 1 aliphatic heterocycles. The molecule has 1 aromatic carbocycles. The Balaban J connectivity index is 1.62. The Morgan fingerprint density at radius 2 is 2.10 bits per heavy atom. The van der Waals surface area contributed by atoms with Crippen molar-refractivity contribution in [1.82, 2.24) is 5.16 Å². The summed E-state index contributed by atoms with van der Waals surface area (Å²) >= 11 is 0. The van der Waals surface area contributed by atoms with Crippen LogP contribution in [0.25, 0.3) is 0 Å². The molecule has 1 atom stereocenters. The molecule has 0 saturated carbocycles. The first-order valence-corrected chi connectivity index (χ1v) is 6.52. The number of rotatable bonds is 4. The minimum atomic E-state index is -0.448. The maximum absolute atomic E-state index is 12.0. The number of fused-ring (bicyclic) bond motifs is 1. The minimum Gasteiger partial charge on any atom is -0.454 e. The standard InChI is InChI=1S/C14H15N3O4/c1-8-5-13(21-17-8)16-14(18)9(2)15-10-3-4-11-12(6-10)20-7-19-11/h3-6,9,15H,7H2,1-2H3,(H,16,18)/t9-/m0/s1. The number of carbonyl (C=O) groups is 1. The smallest absolute Gasteiger partial charge is 0.248 e. The molecular weight excluding hydrogens is 274 g/mol. The summed E-state index contributed by atoms with van der Waals surface area (Å²) in [6, 6.07) is 6.64. The number of amides is 1. The molecule has 0 spiro atoms. The summed E-state index contributed by atoms with van der Waals surface area (Å²) in [6.45, 7) is 3.76. The minimum absolute atomic E-state index is 0.219. The van der Waals surface area contributed by atoms with E-state index in [0.717, 1.165) is 5.69 Å². The average molecular weight is 289 g/mol. The van der Waals surface area contributed by atoms with E-state index in [9.17, 15) is 4.79 Å². The van der Waals surface area contributed by atoms with Gasteiger partial charge in [0.2, 0.25) is 18.6 Å². The zero-order valence-corrected chi connectivity index (χ0v) is 11.7. The Hall–Kier alpha value is -2.70. The first-order valence-electron chi connectivity index (χ1n) is 6.52.